The van der Waals surface area contributed by atoms with Gasteiger partial charge in [0.2, 0.25) is 0 Å². The molecule has 3 rings (SSSR count). The van der Waals surface area contributed by atoms with Gasteiger partial charge >= 0.3 is 0 Å². The summed E-state index contributed by atoms with van der Waals surface area (Å²) in [6.07, 6.45) is 1.77. The Kier molecular flexibility index (Phi) is 3.64. The van der Waals surface area contributed by atoms with E-state index < -0.39 is 0 Å². The number of nitrogens with one attached hydrogen (secondary N) is 1. The van der Waals surface area contributed by atoms with Crippen molar-refractivity contribution in [3.8, 4) is 22.8 Å². The maximum Gasteiger partial charge on any atom is 0.180 e. The summed E-state index contributed by atoms with van der Waals surface area (Å²) in [4.78, 5) is 9.24. The molecule has 0 unspecified atom stereocenters. The number of aryl methyl sites for hydroxylation is 1. The number of anilines is 1. The molecule has 1 N–H and O–H groups in total. The number of nitrogens with zero attached hydrogens (tertiary/aromatic N) is 4. The molecular formula is C16H17N5. The molecule has 0 fully saturated rings. The van der Waals surface area contributed by atoms with Crippen LogP contribution in [0.25, 0.3) is 22.8 Å². The third-order valence-electron chi connectivity index (χ3n) is 3.30. The molecular weight excluding hydrogens is 262 g/mol. The molecule has 2 aromatic heterocycles. The molecule has 106 valence electrons. The normalized spacial score (nSPS) is 10.6. The molecule has 1 aromatic carbocycles. The van der Waals surface area contributed by atoms with Crippen molar-refractivity contribution in [2.24, 2.45) is 0 Å². The van der Waals surface area contributed by atoms with E-state index in [4.69, 9.17) is 4.98 Å². The van der Waals surface area contributed by atoms with Crippen LogP contribution in [0.4, 0.5) is 5.82 Å². The summed E-state index contributed by atoms with van der Waals surface area (Å²) in [5, 5.41) is 7.38. The van der Waals surface area contributed by atoms with Crippen LogP contribution in [0.1, 0.15) is 6.92 Å². The molecule has 0 aliphatic rings. The topological polar surface area (TPSA) is 55.6 Å². The van der Waals surface area contributed by atoms with Crippen molar-refractivity contribution >= 4 is 5.82 Å². The van der Waals surface area contributed by atoms with Gasteiger partial charge in [-0.1, -0.05) is 30.3 Å². The largest absolute Gasteiger partial charge is 0.373 e. The van der Waals surface area contributed by atoms with E-state index >= 15 is 0 Å². The lowest BCUT2D eigenvalue weighted by Gasteiger charge is -2.09. The van der Waals surface area contributed by atoms with Gasteiger partial charge in [0.05, 0.1) is 5.69 Å². The molecule has 5 heteroatoms. The fourth-order valence-corrected chi connectivity index (χ4v) is 2.22. The first-order valence-electron chi connectivity index (χ1n) is 6.96. The van der Waals surface area contributed by atoms with Gasteiger partial charge in [-0.2, -0.15) is 5.10 Å². The second-order valence-corrected chi connectivity index (χ2v) is 4.61. The van der Waals surface area contributed by atoms with Gasteiger partial charge in [0.1, 0.15) is 11.5 Å². The van der Waals surface area contributed by atoms with Crippen molar-refractivity contribution in [1.29, 1.82) is 0 Å². The molecule has 0 aliphatic carbocycles. The highest BCUT2D eigenvalue weighted by molar-refractivity contribution is 5.66. The van der Waals surface area contributed by atoms with Crippen LogP contribution in [0.15, 0.2) is 48.7 Å². The van der Waals surface area contributed by atoms with Crippen LogP contribution in [0.5, 0.6) is 0 Å². The highest BCUT2D eigenvalue weighted by Gasteiger charge is 2.11. The average molecular weight is 279 g/mol. The molecule has 0 atom stereocenters. The van der Waals surface area contributed by atoms with Gasteiger partial charge in [-0.25, -0.2) is 9.97 Å². The first-order valence-corrected chi connectivity index (χ1v) is 6.96. The fourth-order valence-electron chi connectivity index (χ4n) is 2.22. The Bertz CT molecular complexity index is 733. The van der Waals surface area contributed by atoms with Crippen LogP contribution in [0, 0.1) is 0 Å². The zero-order valence-corrected chi connectivity index (χ0v) is 12.1. The van der Waals surface area contributed by atoms with E-state index in [1.165, 1.54) is 0 Å². The summed E-state index contributed by atoms with van der Waals surface area (Å²) in [5.74, 6) is 1.47. The molecule has 2 heterocycles. The third-order valence-corrected chi connectivity index (χ3v) is 3.30. The summed E-state index contributed by atoms with van der Waals surface area (Å²) in [7, 11) is 1.86. The van der Waals surface area contributed by atoms with E-state index in [1.54, 1.807) is 6.20 Å². The Morgan fingerprint density at radius 3 is 2.62 bits per heavy atom. The summed E-state index contributed by atoms with van der Waals surface area (Å²) >= 11 is 0. The van der Waals surface area contributed by atoms with Crippen molar-refractivity contribution < 1.29 is 0 Å². The highest BCUT2D eigenvalue weighted by Crippen LogP contribution is 2.23. The van der Waals surface area contributed by atoms with Gasteiger partial charge < -0.3 is 5.32 Å². The van der Waals surface area contributed by atoms with Crippen molar-refractivity contribution in [3.63, 3.8) is 0 Å². The van der Waals surface area contributed by atoms with Crippen LogP contribution < -0.4 is 5.32 Å². The van der Waals surface area contributed by atoms with Crippen LogP contribution >= 0.6 is 0 Å². The fraction of sp³-hybridized carbons (Fsp3) is 0.188. The van der Waals surface area contributed by atoms with Crippen molar-refractivity contribution in [2.45, 2.75) is 13.5 Å². The van der Waals surface area contributed by atoms with Gasteiger partial charge in [0.25, 0.3) is 0 Å². The summed E-state index contributed by atoms with van der Waals surface area (Å²) in [6.45, 7) is 2.84. The summed E-state index contributed by atoms with van der Waals surface area (Å²) < 4.78 is 1.89. The standard InChI is InChI=1S/C16H17N5/c1-3-21-14(9-10-18-21)16-19-13(11-15(17-2)20-16)12-7-5-4-6-8-12/h4-11H,3H2,1-2H3,(H,17,19,20). The zero-order chi connectivity index (χ0) is 14.7. The second-order valence-electron chi connectivity index (χ2n) is 4.61. The zero-order valence-electron chi connectivity index (χ0n) is 12.1. The maximum atomic E-state index is 4.69. The van der Waals surface area contributed by atoms with Crippen LogP contribution in [0.2, 0.25) is 0 Å². The predicted molar refractivity (Wildman–Crippen MR) is 83.9 cm³/mol. The number of hydrogen-bond acceptors (Lipinski definition) is 4. The van der Waals surface area contributed by atoms with Crippen LogP contribution in [-0.2, 0) is 6.54 Å². The van der Waals surface area contributed by atoms with Crippen LogP contribution in [0.3, 0.4) is 0 Å². The molecule has 5 nitrogen and oxygen atoms in total. The molecule has 0 aliphatic heterocycles. The van der Waals surface area contributed by atoms with E-state index in [1.807, 2.05) is 54.2 Å². The smallest absolute Gasteiger partial charge is 0.180 e. The first kappa shape index (κ1) is 13.3. The highest BCUT2D eigenvalue weighted by atomic mass is 15.3. The van der Waals surface area contributed by atoms with Gasteiger partial charge in [0.15, 0.2) is 5.82 Å². The summed E-state index contributed by atoms with van der Waals surface area (Å²) in [6, 6.07) is 14.0. The molecule has 0 spiro atoms. The van der Waals surface area contributed by atoms with E-state index in [0.717, 1.165) is 29.3 Å². The van der Waals surface area contributed by atoms with E-state index in [0.29, 0.717) is 5.82 Å². The Morgan fingerprint density at radius 1 is 1.10 bits per heavy atom. The Balaban J connectivity index is 2.14. The first-order chi connectivity index (χ1) is 10.3. The third kappa shape index (κ3) is 2.63. The minimum Gasteiger partial charge on any atom is -0.373 e. The molecule has 0 bridgehead atoms. The van der Waals surface area contributed by atoms with E-state index in [-0.39, 0.29) is 0 Å². The molecule has 21 heavy (non-hydrogen) atoms. The Hall–Kier alpha value is -2.69. The monoisotopic (exact) mass is 279 g/mol. The lowest BCUT2D eigenvalue weighted by Crippen LogP contribution is -2.04. The van der Waals surface area contributed by atoms with E-state index in [2.05, 4.69) is 22.3 Å². The Labute approximate surface area is 123 Å². The quantitative estimate of drug-likeness (QED) is 0.797. The molecule has 3 aromatic rings. The lowest BCUT2D eigenvalue weighted by molar-refractivity contribution is 0.664. The van der Waals surface area contributed by atoms with Gasteiger partial charge in [-0.15, -0.1) is 0 Å². The number of rotatable bonds is 4. The van der Waals surface area contributed by atoms with Crippen molar-refractivity contribution in [1.82, 2.24) is 19.7 Å². The number of aromatic nitrogens is 4. The minimum atomic E-state index is 0.681. The second kappa shape index (κ2) is 5.75. The van der Waals surface area contributed by atoms with E-state index in [9.17, 15) is 0 Å². The SMILES string of the molecule is CCn1nccc1-c1nc(NC)cc(-c2ccccc2)n1. The molecule has 0 saturated carbocycles. The lowest BCUT2D eigenvalue weighted by atomic mass is 10.1. The number of benzene rings is 1. The van der Waals surface area contributed by atoms with Crippen LogP contribution in [-0.4, -0.2) is 26.8 Å². The van der Waals surface area contributed by atoms with Gasteiger partial charge in [-0.05, 0) is 13.0 Å². The Morgan fingerprint density at radius 2 is 1.90 bits per heavy atom. The minimum absolute atomic E-state index is 0.681. The molecule has 0 saturated heterocycles. The average Bonchev–Trinajstić information content (AvgIpc) is 3.04. The predicted octanol–water partition coefficient (Wildman–Crippen LogP) is 3.07. The van der Waals surface area contributed by atoms with Gasteiger partial charge in [-0.3, -0.25) is 4.68 Å². The number of hydrogen-bond donors (Lipinski definition) is 1. The molecule has 0 amide bonds. The maximum absolute atomic E-state index is 4.69. The summed E-state index contributed by atoms with van der Waals surface area (Å²) in [5.41, 5.74) is 2.89. The van der Waals surface area contributed by atoms with Crippen molar-refractivity contribution in [2.75, 3.05) is 12.4 Å². The van der Waals surface area contributed by atoms with Gasteiger partial charge in [0, 0.05) is 31.4 Å². The molecule has 0 radical (unpaired) electrons. The van der Waals surface area contributed by atoms with Crippen molar-refractivity contribution in [3.05, 3.63) is 48.7 Å².